The Morgan fingerprint density at radius 3 is 2.33 bits per heavy atom. The van der Waals surface area contributed by atoms with Gasteiger partial charge in [-0.15, -0.1) is 0 Å². The maximum Gasteiger partial charge on any atom is 0.238 e. The van der Waals surface area contributed by atoms with Crippen molar-refractivity contribution in [3.8, 4) is 17.2 Å². The minimum atomic E-state index is -3.69. The van der Waals surface area contributed by atoms with Gasteiger partial charge in [-0.05, 0) is 54.9 Å². The fourth-order valence-corrected chi connectivity index (χ4v) is 2.56. The average Bonchev–Trinajstić information content (AvgIpc) is 2.53. The van der Waals surface area contributed by atoms with E-state index in [1.807, 2.05) is 0 Å². The topological polar surface area (TPSA) is 122 Å². The molecule has 0 bridgehead atoms. The standard InChI is InChI=1S/C16H20N2O5S/c17-24(21,22)14-4-2-13(3-5-14)23-10-9-18-8-7-12-1-6-15(19)16(20)11-12/h1-6,11,18-20H,7-10H2,(H2,17,21,22). The van der Waals surface area contributed by atoms with Gasteiger partial charge in [-0.1, -0.05) is 6.07 Å². The van der Waals surface area contributed by atoms with E-state index in [0.29, 0.717) is 31.9 Å². The molecule has 130 valence electrons. The summed E-state index contributed by atoms with van der Waals surface area (Å²) in [7, 11) is -3.69. The van der Waals surface area contributed by atoms with E-state index in [1.165, 1.54) is 24.3 Å². The van der Waals surface area contributed by atoms with Crippen LogP contribution in [0.1, 0.15) is 5.56 Å². The first kappa shape index (κ1) is 18.1. The second-order valence-electron chi connectivity index (χ2n) is 5.19. The van der Waals surface area contributed by atoms with Crippen LogP contribution in [0, 0.1) is 0 Å². The third-order valence-electron chi connectivity index (χ3n) is 3.33. The smallest absolute Gasteiger partial charge is 0.238 e. The maximum absolute atomic E-state index is 11.1. The van der Waals surface area contributed by atoms with Crippen molar-refractivity contribution >= 4 is 10.0 Å². The van der Waals surface area contributed by atoms with Crippen LogP contribution in [-0.2, 0) is 16.4 Å². The van der Waals surface area contributed by atoms with Gasteiger partial charge in [0.2, 0.25) is 10.0 Å². The maximum atomic E-state index is 11.1. The van der Waals surface area contributed by atoms with E-state index in [2.05, 4.69) is 5.32 Å². The molecule has 0 aliphatic carbocycles. The van der Waals surface area contributed by atoms with E-state index in [0.717, 1.165) is 5.56 Å². The van der Waals surface area contributed by atoms with Crippen molar-refractivity contribution in [1.82, 2.24) is 5.32 Å². The molecular weight excluding hydrogens is 332 g/mol. The number of phenols is 2. The van der Waals surface area contributed by atoms with Crippen molar-refractivity contribution < 1.29 is 23.4 Å². The van der Waals surface area contributed by atoms with Crippen molar-refractivity contribution in [2.75, 3.05) is 19.7 Å². The van der Waals surface area contributed by atoms with Gasteiger partial charge >= 0.3 is 0 Å². The molecule has 7 nitrogen and oxygen atoms in total. The molecule has 0 fully saturated rings. The Kier molecular flexibility index (Phi) is 6.02. The highest BCUT2D eigenvalue weighted by molar-refractivity contribution is 7.89. The molecule has 5 N–H and O–H groups in total. The lowest BCUT2D eigenvalue weighted by Gasteiger charge is -2.08. The highest BCUT2D eigenvalue weighted by Crippen LogP contribution is 2.24. The van der Waals surface area contributed by atoms with Crippen LogP contribution in [0.15, 0.2) is 47.4 Å². The zero-order chi connectivity index (χ0) is 17.6. The van der Waals surface area contributed by atoms with Crippen LogP contribution < -0.4 is 15.2 Å². The molecular formula is C16H20N2O5S. The lowest BCUT2D eigenvalue weighted by Crippen LogP contribution is -2.23. The molecule has 0 amide bonds. The van der Waals surface area contributed by atoms with Gasteiger partial charge in [-0.25, -0.2) is 13.6 Å². The van der Waals surface area contributed by atoms with Crippen LogP contribution in [0.5, 0.6) is 17.2 Å². The number of phenolic OH excluding ortho intramolecular Hbond substituents is 2. The summed E-state index contributed by atoms with van der Waals surface area (Å²) >= 11 is 0. The number of aromatic hydroxyl groups is 2. The highest BCUT2D eigenvalue weighted by atomic mass is 32.2. The highest BCUT2D eigenvalue weighted by Gasteiger charge is 2.06. The molecule has 0 aliphatic heterocycles. The zero-order valence-corrected chi connectivity index (χ0v) is 13.8. The minimum Gasteiger partial charge on any atom is -0.504 e. The van der Waals surface area contributed by atoms with E-state index < -0.39 is 10.0 Å². The number of sulfonamides is 1. The molecule has 0 unspecified atom stereocenters. The Labute approximate surface area is 140 Å². The van der Waals surface area contributed by atoms with Crippen LogP contribution in [0.2, 0.25) is 0 Å². The van der Waals surface area contributed by atoms with Crippen molar-refractivity contribution in [1.29, 1.82) is 0 Å². The zero-order valence-electron chi connectivity index (χ0n) is 13.0. The predicted octanol–water partition coefficient (Wildman–Crippen LogP) is 0.956. The number of hydrogen-bond acceptors (Lipinski definition) is 6. The second-order valence-corrected chi connectivity index (χ2v) is 6.75. The fraction of sp³-hybridized carbons (Fsp3) is 0.250. The van der Waals surface area contributed by atoms with E-state index in [1.54, 1.807) is 18.2 Å². The number of nitrogens with two attached hydrogens (primary N) is 1. The normalized spacial score (nSPS) is 11.4. The molecule has 24 heavy (non-hydrogen) atoms. The molecule has 0 heterocycles. The van der Waals surface area contributed by atoms with Gasteiger partial charge in [0.15, 0.2) is 11.5 Å². The monoisotopic (exact) mass is 352 g/mol. The van der Waals surface area contributed by atoms with Gasteiger partial charge in [0, 0.05) is 6.54 Å². The first-order chi connectivity index (χ1) is 11.4. The van der Waals surface area contributed by atoms with Crippen molar-refractivity contribution in [3.63, 3.8) is 0 Å². The second kappa shape index (κ2) is 8.00. The Morgan fingerprint density at radius 2 is 1.71 bits per heavy atom. The minimum absolute atomic E-state index is 0.0464. The summed E-state index contributed by atoms with van der Waals surface area (Å²) in [5.74, 6) is 0.306. The van der Waals surface area contributed by atoms with Crippen LogP contribution in [-0.4, -0.2) is 38.3 Å². The molecule has 0 atom stereocenters. The summed E-state index contributed by atoms with van der Waals surface area (Å²) < 4.78 is 27.8. The number of benzene rings is 2. The van der Waals surface area contributed by atoms with Crippen LogP contribution in [0.4, 0.5) is 0 Å². The summed E-state index contributed by atoms with van der Waals surface area (Å²) in [6.07, 6.45) is 0.705. The SMILES string of the molecule is NS(=O)(=O)c1ccc(OCCNCCc2ccc(O)c(O)c2)cc1. The molecule has 0 aromatic heterocycles. The average molecular weight is 352 g/mol. The van der Waals surface area contributed by atoms with Gasteiger partial charge in [0.05, 0.1) is 4.90 Å². The van der Waals surface area contributed by atoms with Gasteiger partial charge < -0.3 is 20.3 Å². The molecule has 0 aliphatic rings. The molecule has 8 heteroatoms. The number of ether oxygens (including phenoxy) is 1. The number of primary sulfonamides is 1. The first-order valence-electron chi connectivity index (χ1n) is 7.33. The number of rotatable bonds is 8. The van der Waals surface area contributed by atoms with Crippen molar-refractivity contribution in [2.45, 2.75) is 11.3 Å². The van der Waals surface area contributed by atoms with E-state index in [9.17, 15) is 18.6 Å². The Hall–Kier alpha value is -2.29. The Morgan fingerprint density at radius 1 is 1.00 bits per heavy atom. The fourth-order valence-electron chi connectivity index (χ4n) is 2.05. The summed E-state index contributed by atoms with van der Waals surface area (Å²) in [4.78, 5) is 0.0464. The van der Waals surface area contributed by atoms with Crippen molar-refractivity contribution in [2.24, 2.45) is 5.14 Å². The van der Waals surface area contributed by atoms with E-state index in [-0.39, 0.29) is 16.4 Å². The quantitative estimate of drug-likeness (QED) is 0.415. The van der Waals surface area contributed by atoms with E-state index in [4.69, 9.17) is 9.88 Å². The van der Waals surface area contributed by atoms with Gasteiger partial charge in [-0.2, -0.15) is 0 Å². The summed E-state index contributed by atoms with van der Waals surface area (Å²) in [5.41, 5.74) is 0.914. The lowest BCUT2D eigenvalue weighted by atomic mass is 10.1. The van der Waals surface area contributed by atoms with Crippen molar-refractivity contribution in [3.05, 3.63) is 48.0 Å². The largest absolute Gasteiger partial charge is 0.504 e. The van der Waals surface area contributed by atoms with Crippen LogP contribution in [0.3, 0.4) is 0 Å². The van der Waals surface area contributed by atoms with Crippen LogP contribution in [0.25, 0.3) is 0 Å². The molecule has 0 saturated carbocycles. The molecule has 0 spiro atoms. The summed E-state index contributed by atoms with van der Waals surface area (Å²) in [6, 6.07) is 10.6. The third-order valence-corrected chi connectivity index (χ3v) is 4.26. The molecule has 2 aromatic carbocycles. The van der Waals surface area contributed by atoms with Gasteiger partial charge in [0.1, 0.15) is 12.4 Å². The molecule has 0 saturated heterocycles. The molecule has 2 rings (SSSR count). The molecule has 2 aromatic rings. The molecule has 0 radical (unpaired) electrons. The van der Waals surface area contributed by atoms with Crippen LogP contribution >= 0.6 is 0 Å². The number of hydrogen-bond donors (Lipinski definition) is 4. The number of nitrogens with one attached hydrogen (secondary N) is 1. The van der Waals surface area contributed by atoms with E-state index >= 15 is 0 Å². The summed E-state index contributed by atoms with van der Waals surface area (Å²) in [5, 5.41) is 26.8. The predicted molar refractivity (Wildman–Crippen MR) is 89.7 cm³/mol. The Bertz CT molecular complexity index is 776. The third kappa shape index (κ3) is 5.41. The van der Waals surface area contributed by atoms with Gasteiger partial charge in [0.25, 0.3) is 0 Å². The first-order valence-corrected chi connectivity index (χ1v) is 8.88. The summed E-state index contributed by atoms with van der Waals surface area (Å²) in [6.45, 7) is 1.73. The Balaban J connectivity index is 1.67. The lowest BCUT2D eigenvalue weighted by molar-refractivity contribution is 0.314. The van der Waals surface area contributed by atoms with Gasteiger partial charge in [-0.3, -0.25) is 0 Å².